The highest BCUT2D eigenvalue weighted by atomic mass is 14.1. The van der Waals surface area contributed by atoms with Gasteiger partial charge in [-0.05, 0) is 29.5 Å². The normalized spacial score (nSPS) is 10.2. The number of hydrogen-bond donors (Lipinski definition) is 0. The zero-order valence-electron chi connectivity index (χ0n) is 8.98. The highest BCUT2D eigenvalue weighted by Gasteiger charge is 2.02. The van der Waals surface area contributed by atoms with E-state index in [9.17, 15) is 0 Å². The Bertz CT molecular complexity index is 415. The molecule has 1 radical (unpaired) electrons. The molecular weight excluding hydrogens is 180 g/mol. The molecule has 0 amide bonds. The van der Waals surface area contributed by atoms with Crippen molar-refractivity contribution in [1.29, 1.82) is 0 Å². The van der Waals surface area contributed by atoms with Crippen molar-refractivity contribution >= 4 is 0 Å². The number of hydrogen-bond acceptors (Lipinski definition) is 0. The van der Waals surface area contributed by atoms with Gasteiger partial charge in [0.2, 0.25) is 0 Å². The largest absolute Gasteiger partial charge is 0.0648 e. The fourth-order valence-electron chi connectivity index (χ4n) is 1.78. The van der Waals surface area contributed by atoms with Crippen LogP contribution in [0, 0.1) is 6.42 Å². The molecule has 0 aliphatic rings. The Labute approximate surface area is 91.6 Å². The van der Waals surface area contributed by atoms with Crippen LogP contribution in [0.1, 0.15) is 18.9 Å². The quantitative estimate of drug-likeness (QED) is 0.684. The molecule has 0 saturated heterocycles. The molecule has 0 aliphatic heterocycles. The summed E-state index contributed by atoms with van der Waals surface area (Å²) < 4.78 is 0. The molecule has 0 nitrogen and oxygen atoms in total. The second kappa shape index (κ2) is 4.79. The summed E-state index contributed by atoms with van der Waals surface area (Å²) in [5.74, 6) is 0. The van der Waals surface area contributed by atoms with Crippen LogP contribution in [-0.2, 0) is 0 Å². The van der Waals surface area contributed by atoms with E-state index in [0.29, 0.717) is 0 Å². The SMILES string of the molecule is CC[CH]c1ccccc1-c1ccccc1. The van der Waals surface area contributed by atoms with Crippen LogP contribution in [0.15, 0.2) is 54.6 Å². The maximum absolute atomic E-state index is 2.27. The molecule has 0 spiro atoms. The second-order valence-corrected chi connectivity index (χ2v) is 3.57. The molecule has 75 valence electrons. The lowest BCUT2D eigenvalue weighted by atomic mass is 9.97. The molecule has 0 fully saturated rings. The predicted octanol–water partition coefficient (Wildman–Crippen LogP) is 4.32. The molecule has 0 bridgehead atoms. The highest BCUT2D eigenvalue weighted by molar-refractivity contribution is 5.68. The van der Waals surface area contributed by atoms with Gasteiger partial charge in [-0.3, -0.25) is 0 Å². The van der Waals surface area contributed by atoms with Crippen molar-refractivity contribution in [3.63, 3.8) is 0 Å². The minimum atomic E-state index is 1.07. The smallest absolute Gasteiger partial charge is 0.00894 e. The van der Waals surface area contributed by atoms with E-state index in [-0.39, 0.29) is 0 Å². The van der Waals surface area contributed by atoms with Crippen LogP contribution in [0.5, 0.6) is 0 Å². The molecule has 15 heavy (non-hydrogen) atoms. The van der Waals surface area contributed by atoms with Gasteiger partial charge in [0.05, 0.1) is 0 Å². The first kappa shape index (κ1) is 9.97. The molecule has 2 aromatic rings. The molecule has 0 heteroatoms. The van der Waals surface area contributed by atoms with Crippen LogP contribution in [-0.4, -0.2) is 0 Å². The third-order valence-electron chi connectivity index (χ3n) is 2.47. The minimum Gasteiger partial charge on any atom is -0.0648 e. The molecule has 2 rings (SSSR count). The lowest BCUT2D eigenvalue weighted by Crippen LogP contribution is -1.86. The molecule has 0 aliphatic carbocycles. The number of rotatable bonds is 3. The third kappa shape index (κ3) is 2.27. The first-order valence-corrected chi connectivity index (χ1v) is 5.39. The van der Waals surface area contributed by atoms with Crippen molar-refractivity contribution < 1.29 is 0 Å². The van der Waals surface area contributed by atoms with E-state index in [1.165, 1.54) is 16.7 Å². The summed E-state index contributed by atoms with van der Waals surface area (Å²) >= 11 is 0. The Hall–Kier alpha value is -1.56. The van der Waals surface area contributed by atoms with E-state index in [4.69, 9.17) is 0 Å². The summed E-state index contributed by atoms with van der Waals surface area (Å²) in [4.78, 5) is 0. The van der Waals surface area contributed by atoms with Crippen molar-refractivity contribution in [3.8, 4) is 11.1 Å². The summed E-state index contributed by atoms with van der Waals surface area (Å²) in [6.07, 6.45) is 3.34. The van der Waals surface area contributed by atoms with Crippen LogP contribution in [0.25, 0.3) is 11.1 Å². The van der Waals surface area contributed by atoms with Gasteiger partial charge in [-0.25, -0.2) is 0 Å². The standard InChI is InChI=1S/C15H15/c1-2-8-13-11-6-7-12-15(13)14-9-4-3-5-10-14/h3-12H,2H2,1H3. The lowest BCUT2D eigenvalue weighted by molar-refractivity contribution is 1.12. The molecule has 0 aromatic heterocycles. The molecule has 0 saturated carbocycles. The lowest BCUT2D eigenvalue weighted by Gasteiger charge is -2.07. The fraction of sp³-hybridized carbons (Fsp3) is 0.133. The summed E-state index contributed by atoms with van der Waals surface area (Å²) in [5, 5.41) is 0. The Morgan fingerprint density at radius 3 is 2.27 bits per heavy atom. The van der Waals surface area contributed by atoms with Crippen LogP contribution < -0.4 is 0 Å². The van der Waals surface area contributed by atoms with Crippen molar-refractivity contribution in [2.75, 3.05) is 0 Å². The Kier molecular flexibility index (Phi) is 3.18. The summed E-state index contributed by atoms with van der Waals surface area (Å²) in [6, 6.07) is 19.1. The Morgan fingerprint density at radius 1 is 0.867 bits per heavy atom. The second-order valence-electron chi connectivity index (χ2n) is 3.57. The third-order valence-corrected chi connectivity index (χ3v) is 2.47. The van der Waals surface area contributed by atoms with Gasteiger partial charge in [0, 0.05) is 0 Å². The molecule has 0 N–H and O–H groups in total. The average molecular weight is 195 g/mol. The maximum atomic E-state index is 2.27. The van der Waals surface area contributed by atoms with Gasteiger partial charge in [0.15, 0.2) is 0 Å². The molecular formula is C15H15. The van der Waals surface area contributed by atoms with Crippen molar-refractivity contribution in [3.05, 3.63) is 66.6 Å². The fourth-order valence-corrected chi connectivity index (χ4v) is 1.78. The van der Waals surface area contributed by atoms with Crippen molar-refractivity contribution in [1.82, 2.24) is 0 Å². The van der Waals surface area contributed by atoms with Gasteiger partial charge >= 0.3 is 0 Å². The van der Waals surface area contributed by atoms with Gasteiger partial charge in [0.1, 0.15) is 0 Å². The first-order chi connectivity index (χ1) is 7.42. The van der Waals surface area contributed by atoms with E-state index in [2.05, 4.69) is 67.9 Å². The zero-order valence-corrected chi connectivity index (χ0v) is 8.98. The zero-order chi connectivity index (χ0) is 10.5. The molecule has 2 aromatic carbocycles. The van der Waals surface area contributed by atoms with Crippen LogP contribution in [0.2, 0.25) is 0 Å². The monoisotopic (exact) mass is 195 g/mol. The van der Waals surface area contributed by atoms with E-state index < -0.39 is 0 Å². The van der Waals surface area contributed by atoms with E-state index >= 15 is 0 Å². The van der Waals surface area contributed by atoms with Crippen molar-refractivity contribution in [2.24, 2.45) is 0 Å². The van der Waals surface area contributed by atoms with Crippen LogP contribution >= 0.6 is 0 Å². The molecule has 0 unspecified atom stereocenters. The number of benzene rings is 2. The first-order valence-electron chi connectivity index (χ1n) is 5.39. The van der Waals surface area contributed by atoms with E-state index in [1.54, 1.807) is 0 Å². The predicted molar refractivity (Wildman–Crippen MR) is 65.6 cm³/mol. The minimum absolute atomic E-state index is 1.07. The van der Waals surface area contributed by atoms with Crippen LogP contribution in [0.4, 0.5) is 0 Å². The maximum Gasteiger partial charge on any atom is -0.00894 e. The Morgan fingerprint density at radius 2 is 1.53 bits per heavy atom. The van der Waals surface area contributed by atoms with E-state index in [1.807, 2.05) is 0 Å². The van der Waals surface area contributed by atoms with Gasteiger partial charge in [-0.15, -0.1) is 0 Å². The van der Waals surface area contributed by atoms with Crippen molar-refractivity contribution in [2.45, 2.75) is 13.3 Å². The van der Waals surface area contributed by atoms with Gasteiger partial charge < -0.3 is 0 Å². The van der Waals surface area contributed by atoms with Gasteiger partial charge in [-0.1, -0.05) is 61.5 Å². The summed E-state index contributed by atoms with van der Waals surface area (Å²) in [5.41, 5.74) is 3.93. The molecule has 0 atom stereocenters. The topological polar surface area (TPSA) is 0 Å². The average Bonchev–Trinajstić information content (AvgIpc) is 2.31. The van der Waals surface area contributed by atoms with Gasteiger partial charge in [-0.2, -0.15) is 0 Å². The van der Waals surface area contributed by atoms with E-state index in [0.717, 1.165) is 6.42 Å². The molecule has 0 heterocycles. The summed E-state index contributed by atoms with van der Waals surface area (Å²) in [6.45, 7) is 2.17. The highest BCUT2D eigenvalue weighted by Crippen LogP contribution is 2.24. The van der Waals surface area contributed by atoms with Crippen LogP contribution in [0.3, 0.4) is 0 Å². The summed E-state index contributed by atoms with van der Waals surface area (Å²) in [7, 11) is 0. The van der Waals surface area contributed by atoms with Gasteiger partial charge in [0.25, 0.3) is 0 Å². The Balaban J connectivity index is 2.43.